The van der Waals surface area contributed by atoms with E-state index in [9.17, 15) is 0 Å². The third-order valence-corrected chi connectivity index (χ3v) is 9.05. The summed E-state index contributed by atoms with van der Waals surface area (Å²) in [6, 6.07) is 54.7. The van der Waals surface area contributed by atoms with E-state index in [4.69, 9.17) is 0 Å². The van der Waals surface area contributed by atoms with Crippen LogP contribution in [0.25, 0.3) is 53.8 Å². The van der Waals surface area contributed by atoms with Gasteiger partial charge in [-0.1, -0.05) is 96.4 Å². The molecular formula is C42H30IrN2S-2. The third-order valence-electron chi connectivity index (χ3n) is 7.84. The Hall–Kier alpha value is -4.73. The molecule has 2 nitrogen and oxygen atoms in total. The molecule has 46 heavy (non-hydrogen) atoms. The molecule has 0 aliphatic rings. The molecule has 0 fully saturated rings. The number of pyridine rings is 2. The predicted octanol–water partition coefficient (Wildman–Crippen LogP) is 11.0. The zero-order valence-electron chi connectivity index (χ0n) is 25.3. The van der Waals surface area contributed by atoms with Crippen LogP contribution in [-0.2, 0) is 26.5 Å². The summed E-state index contributed by atoms with van der Waals surface area (Å²) < 4.78 is 2.57. The van der Waals surface area contributed by atoms with Crippen LogP contribution in [0, 0.1) is 19.1 Å². The number of rotatable bonds is 5. The fourth-order valence-corrected chi connectivity index (χ4v) is 6.79. The van der Waals surface area contributed by atoms with Crippen LogP contribution in [0.4, 0.5) is 0 Å². The maximum absolute atomic E-state index is 4.65. The molecule has 0 amide bonds. The number of thiophene rings is 1. The van der Waals surface area contributed by atoms with E-state index < -0.39 is 0 Å². The van der Waals surface area contributed by atoms with E-state index in [1.165, 1.54) is 48.0 Å². The molecule has 0 unspecified atom stereocenters. The van der Waals surface area contributed by atoms with E-state index in [2.05, 4.69) is 132 Å². The maximum atomic E-state index is 4.65. The summed E-state index contributed by atoms with van der Waals surface area (Å²) in [7, 11) is 0. The summed E-state index contributed by atoms with van der Waals surface area (Å²) in [5.74, 6) is 0. The van der Waals surface area contributed by atoms with Crippen LogP contribution in [-0.4, -0.2) is 9.97 Å². The molecular weight excluding hydrogens is 757 g/mol. The van der Waals surface area contributed by atoms with Crippen LogP contribution in [0.3, 0.4) is 0 Å². The molecule has 0 atom stereocenters. The van der Waals surface area contributed by atoms with Crippen molar-refractivity contribution in [1.82, 2.24) is 9.97 Å². The molecule has 5 aromatic carbocycles. The van der Waals surface area contributed by atoms with Crippen molar-refractivity contribution in [3.63, 3.8) is 0 Å². The van der Waals surface area contributed by atoms with E-state index in [-0.39, 0.29) is 20.1 Å². The zero-order chi connectivity index (χ0) is 30.4. The van der Waals surface area contributed by atoms with E-state index in [1.54, 1.807) is 0 Å². The first-order valence-corrected chi connectivity index (χ1v) is 15.8. The van der Waals surface area contributed by atoms with Crippen molar-refractivity contribution in [3.05, 3.63) is 181 Å². The van der Waals surface area contributed by atoms with Crippen LogP contribution in [0.2, 0.25) is 0 Å². The smallest absolute Gasteiger partial charge is 0.0239 e. The number of aryl methyl sites for hydroxylation is 1. The molecule has 0 N–H and O–H groups in total. The molecule has 0 bridgehead atoms. The van der Waals surface area contributed by atoms with Gasteiger partial charge in [0.15, 0.2) is 0 Å². The van der Waals surface area contributed by atoms with E-state index >= 15 is 0 Å². The predicted molar refractivity (Wildman–Crippen MR) is 189 cm³/mol. The Labute approximate surface area is 287 Å². The van der Waals surface area contributed by atoms with Gasteiger partial charge in [-0.05, 0) is 74.8 Å². The molecule has 8 rings (SSSR count). The third kappa shape index (κ3) is 6.90. The second kappa shape index (κ2) is 14.6. The van der Waals surface area contributed by atoms with Gasteiger partial charge in [0.05, 0.1) is 0 Å². The van der Waals surface area contributed by atoms with Crippen molar-refractivity contribution < 1.29 is 20.1 Å². The van der Waals surface area contributed by atoms with Crippen LogP contribution in [0.1, 0.15) is 16.7 Å². The Bertz CT molecular complexity index is 2190. The van der Waals surface area contributed by atoms with Crippen molar-refractivity contribution in [1.29, 1.82) is 0 Å². The monoisotopic (exact) mass is 787 g/mol. The number of fused-ring (bicyclic) bond motifs is 3. The summed E-state index contributed by atoms with van der Waals surface area (Å²) in [5, 5.41) is 2.60. The Kier molecular flexibility index (Phi) is 9.91. The topological polar surface area (TPSA) is 25.8 Å². The molecule has 225 valence electrons. The second-order valence-electron chi connectivity index (χ2n) is 10.9. The van der Waals surface area contributed by atoms with Crippen LogP contribution in [0.15, 0.2) is 152 Å². The minimum Gasteiger partial charge on any atom is -0.305 e. The van der Waals surface area contributed by atoms with Gasteiger partial charge in [0.2, 0.25) is 0 Å². The summed E-state index contributed by atoms with van der Waals surface area (Å²) in [6.45, 7) is 2.09. The Morgan fingerprint density at radius 1 is 0.630 bits per heavy atom. The SMILES string of the molecule is Cc1cnc(-c2[c-]cccc2)cc1-c1ccccc1.[Ir].[c-]1ccc2c(sc3ccccc32)c1-c1cc(Cc2ccccc2)ccn1. The molecule has 0 saturated carbocycles. The maximum Gasteiger partial charge on any atom is 0.0239 e. The van der Waals surface area contributed by atoms with Crippen molar-refractivity contribution in [2.24, 2.45) is 0 Å². The first-order valence-electron chi connectivity index (χ1n) is 15.0. The average molecular weight is 787 g/mol. The first-order chi connectivity index (χ1) is 22.2. The van der Waals surface area contributed by atoms with Gasteiger partial charge >= 0.3 is 0 Å². The quantitative estimate of drug-likeness (QED) is 0.162. The fraction of sp³-hybridized carbons (Fsp3) is 0.0476. The molecule has 3 aromatic heterocycles. The molecule has 1 radical (unpaired) electrons. The normalized spacial score (nSPS) is 10.6. The van der Waals surface area contributed by atoms with Gasteiger partial charge < -0.3 is 9.97 Å². The second-order valence-corrected chi connectivity index (χ2v) is 12.0. The Balaban J connectivity index is 0.000000166. The number of aromatic nitrogens is 2. The minimum absolute atomic E-state index is 0. The molecule has 8 aromatic rings. The van der Waals surface area contributed by atoms with Crippen molar-refractivity contribution in [2.75, 3.05) is 0 Å². The number of benzene rings is 5. The molecule has 0 aliphatic heterocycles. The van der Waals surface area contributed by atoms with E-state index in [0.717, 1.165) is 28.9 Å². The van der Waals surface area contributed by atoms with E-state index in [1.807, 2.05) is 60.1 Å². The summed E-state index contributed by atoms with van der Waals surface area (Å²) in [6.07, 6.45) is 4.75. The largest absolute Gasteiger partial charge is 0.305 e. The molecule has 4 heteroatoms. The van der Waals surface area contributed by atoms with Gasteiger partial charge in [-0.15, -0.1) is 59.7 Å². The van der Waals surface area contributed by atoms with Crippen LogP contribution >= 0.6 is 11.3 Å². The molecule has 3 heterocycles. The summed E-state index contributed by atoms with van der Waals surface area (Å²) >= 11 is 1.82. The Morgan fingerprint density at radius 2 is 1.39 bits per heavy atom. The van der Waals surface area contributed by atoms with E-state index in [0.29, 0.717) is 0 Å². The first kappa shape index (κ1) is 31.3. The van der Waals surface area contributed by atoms with Gasteiger partial charge in [0.1, 0.15) is 0 Å². The van der Waals surface area contributed by atoms with Gasteiger partial charge in [0.25, 0.3) is 0 Å². The van der Waals surface area contributed by atoms with Gasteiger partial charge in [0, 0.05) is 37.2 Å². The minimum atomic E-state index is 0. The standard InChI is InChI=1S/C24H16NS.C18H14N.Ir/c1-2-7-17(8-3-1)15-18-13-14-25-22(16-18)21-11-6-10-20-19-9-4-5-12-23(19)26-24(20)21;1-14-13-19-18(16-10-6-3-7-11-16)12-17(14)15-8-4-2-5-9-15;/h1-10,12-14,16H,15H2;2-10,12-13H,1H3;/q2*-1;. The summed E-state index contributed by atoms with van der Waals surface area (Å²) in [4.78, 5) is 9.15. The molecule has 0 aliphatic carbocycles. The van der Waals surface area contributed by atoms with Crippen molar-refractivity contribution in [3.8, 4) is 33.6 Å². The van der Waals surface area contributed by atoms with Gasteiger partial charge in [-0.25, -0.2) is 0 Å². The van der Waals surface area contributed by atoms with Crippen LogP contribution < -0.4 is 0 Å². The van der Waals surface area contributed by atoms with Crippen molar-refractivity contribution >= 4 is 31.5 Å². The number of nitrogens with zero attached hydrogens (tertiary/aromatic N) is 2. The molecule has 0 spiro atoms. The van der Waals surface area contributed by atoms with Gasteiger partial charge in [-0.3, -0.25) is 0 Å². The van der Waals surface area contributed by atoms with Gasteiger partial charge in [-0.2, -0.15) is 11.3 Å². The summed E-state index contributed by atoms with van der Waals surface area (Å²) in [5.41, 5.74) is 10.3. The number of hydrogen-bond acceptors (Lipinski definition) is 3. The fourth-order valence-electron chi connectivity index (χ4n) is 5.59. The Morgan fingerprint density at radius 3 is 2.20 bits per heavy atom. The molecule has 0 saturated heterocycles. The zero-order valence-corrected chi connectivity index (χ0v) is 28.5. The van der Waals surface area contributed by atoms with Crippen LogP contribution in [0.5, 0.6) is 0 Å². The number of hydrogen-bond donors (Lipinski definition) is 0. The average Bonchev–Trinajstić information content (AvgIpc) is 3.49. The van der Waals surface area contributed by atoms with Crippen molar-refractivity contribution in [2.45, 2.75) is 13.3 Å².